The quantitative estimate of drug-likeness (QED) is 0.162. The molecule has 0 radical (unpaired) electrons. The van der Waals surface area contributed by atoms with E-state index in [1.807, 2.05) is 11.3 Å². The molecule has 1 spiro atoms. The number of anilines is 3. The predicted octanol–water partition coefficient (Wildman–Crippen LogP) is 15.2. The third-order valence-corrected chi connectivity index (χ3v) is 14.0. The van der Waals surface area contributed by atoms with Gasteiger partial charge in [-0.3, -0.25) is 0 Å². The van der Waals surface area contributed by atoms with E-state index in [2.05, 4.69) is 205 Å². The molecule has 0 amide bonds. The second-order valence-corrected chi connectivity index (χ2v) is 16.6. The maximum Gasteiger partial charge on any atom is 0.0726 e. The van der Waals surface area contributed by atoms with Gasteiger partial charge in [0.05, 0.1) is 16.8 Å². The Morgan fingerprint density at radius 2 is 0.754 bits per heavy atom. The van der Waals surface area contributed by atoms with Crippen LogP contribution in [0.3, 0.4) is 0 Å². The second kappa shape index (κ2) is 11.5. The number of fused-ring (bicyclic) bond motifs is 20. The van der Waals surface area contributed by atoms with Crippen molar-refractivity contribution in [3.63, 3.8) is 0 Å². The van der Waals surface area contributed by atoms with Crippen molar-refractivity contribution in [3.8, 4) is 55.6 Å². The SMILES string of the molecule is c1ccc2c(c1)-c1ccccc1N(c1ccc3c(c1)-c1ccccc1-c1ccccc1C31c3ccccc3-c3cc4c(cc31)sc1ccccc14)c1ccccc1-2. The highest BCUT2D eigenvalue weighted by molar-refractivity contribution is 7.25. The zero-order chi connectivity index (χ0) is 37.2. The van der Waals surface area contributed by atoms with Gasteiger partial charge in [-0.05, 0) is 109 Å². The summed E-state index contributed by atoms with van der Waals surface area (Å²) >= 11 is 1.91. The predicted molar refractivity (Wildman–Crippen MR) is 240 cm³/mol. The molecule has 2 aliphatic carbocycles. The van der Waals surface area contributed by atoms with Crippen LogP contribution in [0.5, 0.6) is 0 Å². The second-order valence-electron chi connectivity index (χ2n) is 15.5. The van der Waals surface area contributed by atoms with Gasteiger partial charge in [0.25, 0.3) is 0 Å². The van der Waals surface area contributed by atoms with E-state index < -0.39 is 5.41 Å². The van der Waals surface area contributed by atoms with Crippen molar-refractivity contribution in [2.75, 3.05) is 4.90 Å². The summed E-state index contributed by atoms with van der Waals surface area (Å²) in [5.74, 6) is 0. The molecule has 10 aromatic rings. The molecule has 1 aliphatic heterocycles. The lowest BCUT2D eigenvalue weighted by molar-refractivity contribution is 0.776. The fraction of sp³-hybridized carbons (Fsp3) is 0.0182. The lowest BCUT2D eigenvalue weighted by Gasteiger charge is -2.36. The highest BCUT2D eigenvalue weighted by Crippen LogP contribution is 2.63. The Kier molecular flexibility index (Phi) is 6.31. The topological polar surface area (TPSA) is 3.24 Å². The van der Waals surface area contributed by atoms with Gasteiger partial charge in [-0.1, -0.05) is 158 Å². The van der Waals surface area contributed by atoms with Crippen LogP contribution in [-0.2, 0) is 5.41 Å². The minimum atomic E-state index is -0.551. The molecule has 2 heteroatoms. The summed E-state index contributed by atoms with van der Waals surface area (Å²) in [4.78, 5) is 2.50. The Labute approximate surface area is 335 Å². The molecule has 264 valence electrons. The summed E-state index contributed by atoms with van der Waals surface area (Å²) in [7, 11) is 0. The van der Waals surface area contributed by atoms with Crippen LogP contribution in [0.25, 0.3) is 75.8 Å². The average molecular weight is 740 g/mol. The van der Waals surface area contributed by atoms with Gasteiger partial charge in [-0.2, -0.15) is 0 Å². The largest absolute Gasteiger partial charge is 0.309 e. The smallest absolute Gasteiger partial charge is 0.0726 e. The van der Waals surface area contributed by atoms with Crippen molar-refractivity contribution in [2.24, 2.45) is 0 Å². The van der Waals surface area contributed by atoms with E-state index in [0.29, 0.717) is 0 Å². The van der Waals surface area contributed by atoms with Crippen LogP contribution in [0.2, 0.25) is 0 Å². The van der Waals surface area contributed by atoms with Crippen LogP contribution in [0.1, 0.15) is 22.3 Å². The van der Waals surface area contributed by atoms with E-state index in [4.69, 9.17) is 0 Å². The number of rotatable bonds is 1. The van der Waals surface area contributed by atoms with Gasteiger partial charge in [0.15, 0.2) is 0 Å². The number of benzene rings is 9. The van der Waals surface area contributed by atoms with E-state index in [9.17, 15) is 0 Å². The maximum absolute atomic E-state index is 2.54. The van der Waals surface area contributed by atoms with Crippen molar-refractivity contribution in [1.82, 2.24) is 0 Å². The summed E-state index contributed by atoms with van der Waals surface area (Å²) in [6.07, 6.45) is 0. The molecule has 57 heavy (non-hydrogen) atoms. The molecule has 0 fully saturated rings. The highest BCUT2D eigenvalue weighted by atomic mass is 32.1. The summed E-state index contributed by atoms with van der Waals surface area (Å²) in [6, 6.07) is 75.4. The zero-order valence-corrected chi connectivity index (χ0v) is 31.7. The first-order chi connectivity index (χ1) is 28.3. The summed E-state index contributed by atoms with van der Waals surface area (Å²) in [5.41, 5.74) is 21.0. The Hall–Kier alpha value is -7.00. The van der Waals surface area contributed by atoms with Gasteiger partial charge in [0.1, 0.15) is 0 Å². The molecule has 13 rings (SSSR count). The van der Waals surface area contributed by atoms with Crippen LogP contribution in [-0.4, -0.2) is 0 Å². The monoisotopic (exact) mass is 739 g/mol. The standard InChI is InChI=1S/C55H33NS/c1-4-18-38-35(15-1)39-19-5-10-24-47(39)55(48-25-11-6-20-40(48)45-32-46-43-23-9-14-28-53(43)57-54(46)33-50(45)55)49-30-29-34(31-44(38)49)56-51-26-12-7-21-41(51)36-16-2-3-17-37(36)42-22-8-13-27-52(42)56/h1-33H. The third kappa shape index (κ3) is 4.07. The number of hydrogen-bond acceptors (Lipinski definition) is 2. The van der Waals surface area contributed by atoms with E-state index in [1.54, 1.807) is 0 Å². The normalized spacial score (nSPS) is 15.4. The van der Waals surface area contributed by atoms with Crippen LogP contribution >= 0.6 is 11.3 Å². The number of thiophene rings is 1. The van der Waals surface area contributed by atoms with Gasteiger partial charge < -0.3 is 4.90 Å². The molecule has 0 bridgehead atoms. The van der Waals surface area contributed by atoms with E-state index in [0.717, 1.165) is 5.69 Å². The molecule has 0 saturated heterocycles. The molecule has 0 N–H and O–H groups in total. The first kappa shape index (κ1) is 31.2. The van der Waals surface area contributed by atoms with Crippen molar-refractivity contribution < 1.29 is 0 Å². The minimum Gasteiger partial charge on any atom is -0.309 e. The average Bonchev–Trinajstić information content (AvgIpc) is 3.70. The Morgan fingerprint density at radius 1 is 0.298 bits per heavy atom. The van der Waals surface area contributed by atoms with Crippen LogP contribution in [0.4, 0.5) is 17.1 Å². The van der Waals surface area contributed by atoms with Crippen LogP contribution < -0.4 is 4.90 Å². The fourth-order valence-electron chi connectivity index (χ4n) is 10.6. The Bertz CT molecular complexity index is 3260. The lowest BCUT2D eigenvalue weighted by atomic mass is 9.66. The van der Waals surface area contributed by atoms with E-state index in [-0.39, 0.29) is 0 Å². The Balaban J connectivity index is 1.16. The van der Waals surface area contributed by atoms with E-state index >= 15 is 0 Å². The molecular weight excluding hydrogens is 707 g/mol. The Morgan fingerprint density at radius 3 is 1.40 bits per heavy atom. The van der Waals surface area contributed by atoms with Gasteiger partial charge >= 0.3 is 0 Å². The summed E-state index contributed by atoms with van der Waals surface area (Å²) in [5, 5.41) is 2.67. The molecule has 2 heterocycles. The molecule has 3 aliphatic rings. The first-order valence-electron chi connectivity index (χ1n) is 19.8. The van der Waals surface area contributed by atoms with Gasteiger partial charge in [-0.25, -0.2) is 0 Å². The summed E-state index contributed by atoms with van der Waals surface area (Å²) in [6.45, 7) is 0. The van der Waals surface area contributed by atoms with Crippen molar-refractivity contribution >= 4 is 48.6 Å². The van der Waals surface area contributed by atoms with Crippen molar-refractivity contribution in [1.29, 1.82) is 0 Å². The molecular formula is C55H33NS. The molecule has 9 aromatic carbocycles. The molecule has 1 atom stereocenters. The lowest BCUT2D eigenvalue weighted by Crippen LogP contribution is -2.29. The maximum atomic E-state index is 2.54. The number of nitrogens with zero attached hydrogens (tertiary/aromatic N) is 1. The fourth-order valence-corrected chi connectivity index (χ4v) is 11.7. The van der Waals surface area contributed by atoms with Crippen LogP contribution in [0, 0.1) is 0 Å². The minimum absolute atomic E-state index is 0.551. The third-order valence-electron chi connectivity index (χ3n) is 12.8. The van der Waals surface area contributed by atoms with Gasteiger partial charge in [-0.15, -0.1) is 11.3 Å². The summed E-state index contributed by atoms with van der Waals surface area (Å²) < 4.78 is 2.66. The first-order valence-corrected chi connectivity index (χ1v) is 20.6. The van der Waals surface area contributed by atoms with E-state index in [1.165, 1.54) is 109 Å². The highest BCUT2D eigenvalue weighted by Gasteiger charge is 2.50. The molecule has 0 saturated carbocycles. The van der Waals surface area contributed by atoms with Crippen LogP contribution in [0.15, 0.2) is 200 Å². The molecule has 1 unspecified atom stereocenters. The van der Waals surface area contributed by atoms with Crippen molar-refractivity contribution in [3.05, 3.63) is 222 Å². The van der Waals surface area contributed by atoms with Crippen molar-refractivity contribution in [2.45, 2.75) is 5.41 Å². The molecule has 1 nitrogen and oxygen atoms in total. The van der Waals surface area contributed by atoms with Gasteiger partial charge in [0, 0.05) is 37.0 Å². The molecule has 1 aromatic heterocycles. The zero-order valence-electron chi connectivity index (χ0n) is 30.9. The number of hydrogen-bond donors (Lipinski definition) is 0. The van der Waals surface area contributed by atoms with Gasteiger partial charge in [0.2, 0.25) is 0 Å². The number of para-hydroxylation sites is 2.